The highest BCUT2D eigenvalue weighted by molar-refractivity contribution is 9.10. The molecule has 0 fully saturated rings. The van der Waals surface area contributed by atoms with E-state index in [1.807, 2.05) is 36.4 Å². The van der Waals surface area contributed by atoms with Crippen LogP contribution in [0.4, 0.5) is 4.39 Å². The molecule has 0 aliphatic carbocycles. The molecule has 0 nitrogen and oxygen atoms in total. The van der Waals surface area contributed by atoms with Crippen molar-refractivity contribution in [1.82, 2.24) is 0 Å². The van der Waals surface area contributed by atoms with Gasteiger partial charge in [0.1, 0.15) is 5.82 Å². The minimum absolute atomic E-state index is 0.0748. The molecule has 0 N–H and O–H groups in total. The van der Waals surface area contributed by atoms with Crippen molar-refractivity contribution in [3.05, 3.63) is 69.9 Å². The first-order chi connectivity index (χ1) is 8.66. The molecular formula is C15H13BrClF. The van der Waals surface area contributed by atoms with Crippen molar-refractivity contribution in [3.63, 3.8) is 0 Å². The Labute approximate surface area is 120 Å². The van der Waals surface area contributed by atoms with Crippen molar-refractivity contribution in [2.75, 3.05) is 0 Å². The maximum Gasteiger partial charge on any atom is 0.127 e. The molecule has 0 aliphatic heterocycles. The Hall–Kier alpha value is -0.860. The molecule has 2 aromatic rings. The van der Waals surface area contributed by atoms with Gasteiger partial charge in [-0.3, -0.25) is 0 Å². The molecule has 2 rings (SSSR count). The van der Waals surface area contributed by atoms with Gasteiger partial charge in [0.25, 0.3) is 0 Å². The van der Waals surface area contributed by atoms with Crippen LogP contribution in [0.25, 0.3) is 0 Å². The molecule has 0 aromatic heterocycles. The van der Waals surface area contributed by atoms with E-state index >= 15 is 0 Å². The molecule has 0 saturated heterocycles. The van der Waals surface area contributed by atoms with E-state index in [2.05, 4.69) is 15.9 Å². The van der Waals surface area contributed by atoms with E-state index in [1.165, 1.54) is 6.07 Å². The summed E-state index contributed by atoms with van der Waals surface area (Å²) in [6, 6.07) is 15.0. The van der Waals surface area contributed by atoms with Crippen LogP contribution in [0.5, 0.6) is 0 Å². The highest BCUT2D eigenvalue weighted by Crippen LogP contribution is 2.26. The number of alkyl halides is 1. The molecule has 1 atom stereocenters. The number of hydrogen-bond donors (Lipinski definition) is 0. The highest BCUT2D eigenvalue weighted by atomic mass is 79.9. The average Bonchev–Trinajstić information content (AvgIpc) is 2.38. The lowest BCUT2D eigenvalue weighted by atomic mass is 10.0. The van der Waals surface area contributed by atoms with E-state index in [-0.39, 0.29) is 11.2 Å². The Morgan fingerprint density at radius 3 is 2.50 bits per heavy atom. The minimum Gasteiger partial charge on any atom is -0.207 e. The molecule has 18 heavy (non-hydrogen) atoms. The smallest absolute Gasteiger partial charge is 0.127 e. The standard InChI is InChI=1S/C15H13BrClF/c16-13-8-6-12(15(18)10-13)7-9-14(17)11-4-2-1-3-5-11/h1-6,8,10,14H,7,9H2. The van der Waals surface area contributed by atoms with E-state index in [9.17, 15) is 4.39 Å². The fourth-order valence-electron chi connectivity index (χ4n) is 1.84. The van der Waals surface area contributed by atoms with Crippen molar-refractivity contribution in [1.29, 1.82) is 0 Å². The molecule has 3 heteroatoms. The van der Waals surface area contributed by atoms with Gasteiger partial charge in [0.05, 0.1) is 5.38 Å². The van der Waals surface area contributed by atoms with Gasteiger partial charge in [0.15, 0.2) is 0 Å². The fourth-order valence-corrected chi connectivity index (χ4v) is 2.42. The van der Waals surface area contributed by atoms with Crippen LogP contribution < -0.4 is 0 Å². The van der Waals surface area contributed by atoms with Gasteiger partial charge in [-0.05, 0) is 36.1 Å². The molecule has 0 amide bonds. The fraction of sp³-hybridized carbons (Fsp3) is 0.200. The molecule has 0 spiro atoms. The Morgan fingerprint density at radius 2 is 1.83 bits per heavy atom. The lowest BCUT2D eigenvalue weighted by Gasteiger charge is -2.10. The van der Waals surface area contributed by atoms with Gasteiger partial charge < -0.3 is 0 Å². The lowest BCUT2D eigenvalue weighted by Crippen LogP contribution is -1.96. The van der Waals surface area contributed by atoms with Crippen molar-refractivity contribution in [2.45, 2.75) is 18.2 Å². The van der Waals surface area contributed by atoms with Gasteiger partial charge >= 0.3 is 0 Å². The first-order valence-electron chi connectivity index (χ1n) is 5.80. The largest absolute Gasteiger partial charge is 0.207 e. The predicted molar refractivity (Wildman–Crippen MR) is 77.5 cm³/mol. The van der Waals surface area contributed by atoms with Crippen LogP contribution in [0.3, 0.4) is 0 Å². The number of halogens is 3. The van der Waals surface area contributed by atoms with Crippen molar-refractivity contribution < 1.29 is 4.39 Å². The van der Waals surface area contributed by atoms with E-state index in [0.29, 0.717) is 12.0 Å². The SMILES string of the molecule is Fc1cc(Br)ccc1CCC(Cl)c1ccccc1. The third-order valence-corrected chi connectivity index (χ3v) is 3.81. The molecule has 0 saturated carbocycles. The zero-order valence-electron chi connectivity index (χ0n) is 9.74. The molecule has 94 valence electrons. The van der Waals surface area contributed by atoms with Crippen LogP contribution in [0.15, 0.2) is 53.0 Å². The maximum atomic E-state index is 13.6. The van der Waals surface area contributed by atoms with E-state index < -0.39 is 0 Å². The normalized spacial score (nSPS) is 12.4. The van der Waals surface area contributed by atoms with Crippen LogP contribution >= 0.6 is 27.5 Å². The lowest BCUT2D eigenvalue weighted by molar-refractivity contribution is 0.602. The molecular weight excluding hydrogens is 315 g/mol. The number of rotatable bonds is 4. The second-order valence-electron chi connectivity index (χ2n) is 4.15. The summed E-state index contributed by atoms with van der Waals surface area (Å²) in [5, 5.41) is -0.0748. The Morgan fingerprint density at radius 1 is 1.11 bits per heavy atom. The van der Waals surface area contributed by atoms with Crippen LogP contribution in [0, 0.1) is 5.82 Å². The summed E-state index contributed by atoms with van der Waals surface area (Å²) < 4.78 is 14.4. The van der Waals surface area contributed by atoms with E-state index in [0.717, 1.165) is 16.5 Å². The monoisotopic (exact) mass is 326 g/mol. The Balaban J connectivity index is 1.99. The average molecular weight is 328 g/mol. The third kappa shape index (κ3) is 3.56. The van der Waals surface area contributed by atoms with Gasteiger partial charge in [0, 0.05) is 4.47 Å². The molecule has 0 radical (unpaired) electrons. The summed E-state index contributed by atoms with van der Waals surface area (Å²) in [5.41, 5.74) is 1.79. The zero-order chi connectivity index (χ0) is 13.0. The topological polar surface area (TPSA) is 0 Å². The summed E-state index contributed by atoms with van der Waals surface area (Å²) in [6.45, 7) is 0. The predicted octanol–water partition coefficient (Wildman–Crippen LogP) is 5.50. The zero-order valence-corrected chi connectivity index (χ0v) is 12.1. The summed E-state index contributed by atoms with van der Waals surface area (Å²) in [5.74, 6) is -0.179. The van der Waals surface area contributed by atoms with E-state index in [1.54, 1.807) is 6.07 Å². The van der Waals surface area contributed by atoms with Gasteiger partial charge in [0.2, 0.25) is 0 Å². The van der Waals surface area contributed by atoms with Crippen LogP contribution in [0.2, 0.25) is 0 Å². The van der Waals surface area contributed by atoms with E-state index in [4.69, 9.17) is 11.6 Å². The first kappa shape index (κ1) is 13.6. The van der Waals surface area contributed by atoms with Crippen LogP contribution in [0.1, 0.15) is 22.9 Å². The van der Waals surface area contributed by atoms with Gasteiger partial charge in [-0.1, -0.05) is 52.3 Å². The molecule has 2 aromatic carbocycles. The van der Waals surface area contributed by atoms with Crippen LogP contribution in [-0.2, 0) is 6.42 Å². The molecule has 1 unspecified atom stereocenters. The minimum atomic E-state index is -0.179. The number of benzene rings is 2. The third-order valence-electron chi connectivity index (χ3n) is 2.84. The van der Waals surface area contributed by atoms with Crippen molar-refractivity contribution in [3.8, 4) is 0 Å². The molecule has 0 aliphatic rings. The maximum absolute atomic E-state index is 13.6. The summed E-state index contributed by atoms with van der Waals surface area (Å²) >= 11 is 9.55. The van der Waals surface area contributed by atoms with Crippen molar-refractivity contribution >= 4 is 27.5 Å². The number of aryl methyl sites for hydroxylation is 1. The summed E-state index contributed by atoms with van der Waals surface area (Å²) in [7, 11) is 0. The molecule has 0 heterocycles. The van der Waals surface area contributed by atoms with Gasteiger partial charge in [-0.2, -0.15) is 0 Å². The highest BCUT2D eigenvalue weighted by Gasteiger charge is 2.09. The summed E-state index contributed by atoms with van der Waals surface area (Å²) in [4.78, 5) is 0. The van der Waals surface area contributed by atoms with Gasteiger partial charge in [-0.15, -0.1) is 11.6 Å². The number of hydrogen-bond acceptors (Lipinski definition) is 0. The van der Waals surface area contributed by atoms with Crippen molar-refractivity contribution in [2.24, 2.45) is 0 Å². The summed E-state index contributed by atoms with van der Waals surface area (Å²) in [6.07, 6.45) is 1.37. The van der Waals surface area contributed by atoms with Crippen LogP contribution in [-0.4, -0.2) is 0 Å². The van der Waals surface area contributed by atoms with Gasteiger partial charge in [-0.25, -0.2) is 4.39 Å². The second kappa shape index (κ2) is 6.35. The Bertz CT molecular complexity index is 513. The molecule has 0 bridgehead atoms. The second-order valence-corrected chi connectivity index (χ2v) is 5.60. The Kier molecular flexibility index (Phi) is 4.79. The quantitative estimate of drug-likeness (QED) is 0.650. The first-order valence-corrected chi connectivity index (χ1v) is 7.02.